The summed E-state index contributed by atoms with van der Waals surface area (Å²) in [4.78, 5) is 4.58. The van der Waals surface area contributed by atoms with E-state index in [4.69, 9.17) is 0 Å². The van der Waals surface area contributed by atoms with Gasteiger partial charge in [0.1, 0.15) is 5.75 Å². The molecule has 0 atom stereocenters. The molecule has 0 radical (unpaired) electrons. The van der Waals surface area contributed by atoms with Crippen LogP contribution in [0, 0.1) is 0 Å². The fraction of sp³-hybridized carbons (Fsp3) is 0.267. The molecular weight excluding hydrogens is 281 g/mol. The molecule has 0 amide bonds. The fourth-order valence-corrected chi connectivity index (χ4v) is 2.33. The van der Waals surface area contributed by atoms with Gasteiger partial charge in [-0.15, -0.1) is 13.2 Å². The van der Waals surface area contributed by atoms with Crippen LogP contribution in [0.5, 0.6) is 5.75 Å². The number of alkyl halides is 3. The maximum atomic E-state index is 12.1. The van der Waals surface area contributed by atoms with Crippen molar-refractivity contribution >= 4 is 0 Å². The molecule has 1 aromatic heterocycles. The molecule has 1 N–H and O–H groups in total. The smallest absolute Gasteiger partial charge is 0.406 e. The second-order valence-corrected chi connectivity index (χ2v) is 4.80. The Balaban J connectivity index is 1.84. The van der Waals surface area contributed by atoms with E-state index in [9.17, 15) is 13.2 Å². The zero-order chi connectivity index (χ0) is 14.9. The number of aromatic nitrogens is 1. The molecule has 6 heteroatoms. The lowest BCUT2D eigenvalue weighted by atomic mass is 10.0. The lowest BCUT2D eigenvalue weighted by molar-refractivity contribution is -0.274. The molecule has 0 saturated heterocycles. The molecule has 0 saturated carbocycles. The van der Waals surface area contributed by atoms with E-state index >= 15 is 0 Å². The van der Waals surface area contributed by atoms with Crippen molar-refractivity contribution in [3.63, 3.8) is 0 Å². The Morgan fingerprint density at radius 3 is 2.52 bits per heavy atom. The molecular formula is C15H13F3N2O. The monoisotopic (exact) mass is 294 g/mol. The van der Waals surface area contributed by atoms with Crippen LogP contribution in [0.4, 0.5) is 13.2 Å². The summed E-state index contributed by atoms with van der Waals surface area (Å²) in [7, 11) is 0. The third-order valence-electron chi connectivity index (χ3n) is 3.31. The Kier molecular flexibility index (Phi) is 3.55. The normalized spacial score (nSPS) is 14.6. The van der Waals surface area contributed by atoms with Gasteiger partial charge in [-0.2, -0.15) is 0 Å². The first-order chi connectivity index (χ1) is 10.0. The first kappa shape index (κ1) is 13.9. The highest BCUT2D eigenvalue weighted by molar-refractivity contribution is 5.60. The summed E-state index contributed by atoms with van der Waals surface area (Å²) < 4.78 is 40.2. The van der Waals surface area contributed by atoms with Gasteiger partial charge in [0.05, 0.1) is 5.69 Å². The van der Waals surface area contributed by atoms with Gasteiger partial charge in [-0.25, -0.2) is 0 Å². The third kappa shape index (κ3) is 3.33. The topological polar surface area (TPSA) is 34.1 Å². The molecule has 1 aromatic carbocycles. The number of benzene rings is 1. The number of halogens is 3. The summed E-state index contributed by atoms with van der Waals surface area (Å²) in [5.74, 6) is -0.228. The lowest BCUT2D eigenvalue weighted by Gasteiger charge is -2.17. The van der Waals surface area contributed by atoms with Crippen LogP contribution in [0.3, 0.4) is 0 Å². The van der Waals surface area contributed by atoms with Gasteiger partial charge in [-0.3, -0.25) is 4.98 Å². The Hall–Kier alpha value is -2.08. The van der Waals surface area contributed by atoms with E-state index in [0.29, 0.717) is 0 Å². The number of hydrogen-bond donors (Lipinski definition) is 1. The molecule has 3 nitrogen and oxygen atoms in total. The van der Waals surface area contributed by atoms with Crippen LogP contribution >= 0.6 is 0 Å². The Labute approximate surface area is 119 Å². The molecule has 1 aliphatic rings. The van der Waals surface area contributed by atoms with E-state index in [1.807, 2.05) is 12.1 Å². The van der Waals surface area contributed by atoms with Gasteiger partial charge in [0.2, 0.25) is 0 Å². The van der Waals surface area contributed by atoms with Crippen LogP contribution in [-0.4, -0.2) is 17.9 Å². The van der Waals surface area contributed by atoms with E-state index < -0.39 is 6.36 Å². The van der Waals surface area contributed by atoms with Gasteiger partial charge in [-0.1, -0.05) is 6.07 Å². The van der Waals surface area contributed by atoms with Crippen LogP contribution in [0.25, 0.3) is 11.3 Å². The molecule has 1 aliphatic heterocycles. The summed E-state index contributed by atoms with van der Waals surface area (Å²) >= 11 is 0. The average Bonchev–Trinajstić information content (AvgIpc) is 2.46. The first-order valence-corrected chi connectivity index (χ1v) is 6.57. The molecule has 110 valence electrons. The molecule has 0 unspecified atom stereocenters. The van der Waals surface area contributed by atoms with Gasteiger partial charge in [0, 0.05) is 30.8 Å². The van der Waals surface area contributed by atoms with Gasteiger partial charge < -0.3 is 10.1 Å². The van der Waals surface area contributed by atoms with Crippen molar-refractivity contribution in [3.8, 4) is 17.0 Å². The molecule has 0 fully saturated rings. The standard InChI is InChI=1S/C15H13F3N2O/c16-15(17,18)21-12-4-1-10(2-5-12)13-6-3-11-9-19-8-7-14(11)20-13/h1-6,19H,7-9H2. The van der Waals surface area contributed by atoms with Crippen molar-refractivity contribution < 1.29 is 17.9 Å². The zero-order valence-corrected chi connectivity index (χ0v) is 11.1. The van der Waals surface area contributed by atoms with Crippen molar-refractivity contribution in [3.05, 3.63) is 47.7 Å². The number of pyridine rings is 1. The molecule has 0 aliphatic carbocycles. The van der Waals surface area contributed by atoms with Gasteiger partial charge >= 0.3 is 6.36 Å². The number of hydrogen-bond acceptors (Lipinski definition) is 3. The largest absolute Gasteiger partial charge is 0.573 e. The van der Waals surface area contributed by atoms with Crippen molar-refractivity contribution in [1.29, 1.82) is 0 Å². The first-order valence-electron chi connectivity index (χ1n) is 6.57. The molecule has 2 heterocycles. The maximum Gasteiger partial charge on any atom is 0.573 e. The van der Waals surface area contributed by atoms with Gasteiger partial charge in [0.15, 0.2) is 0 Å². The molecule has 21 heavy (non-hydrogen) atoms. The Morgan fingerprint density at radius 1 is 1.05 bits per heavy atom. The maximum absolute atomic E-state index is 12.1. The predicted molar refractivity (Wildman–Crippen MR) is 71.8 cm³/mol. The highest BCUT2D eigenvalue weighted by atomic mass is 19.4. The van der Waals surface area contributed by atoms with E-state index in [-0.39, 0.29) is 5.75 Å². The number of ether oxygens (including phenoxy) is 1. The van der Waals surface area contributed by atoms with E-state index in [1.165, 1.54) is 17.7 Å². The van der Waals surface area contributed by atoms with Crippen LogP contribution < -0.4 is 10.1 Å². The third-order valence-corrected chi connectivity index (χ3v) is 3.31. The van der Waals surface area contributed by atoms with E-state index in [0.717, 1.165) is 36.5 Å². The Morgan fingerprint density at radius 2 is 1.81 bits per heavy atom. The minimum atomic E-state index is -4.67. The number of fused-ring (bicyclic) bond motifs is 1. The van der Waals surface area contributed by atoms with Crippen molar-refractivity contribution in [2.75, 3.05) is 6.54 Å². The second-order valence-electron chi connectivity index (χ2n) is 4.80. The minimum Gasteiger partial charge on any atom is -0.406 e. The summed E-state index contributed by atoms with van der Waals surface area (Å²) in [6, 6.07) is 9.64. The van der Waals surface area contributed by atoms with Gasteiger partial charge in [0.25, 0.3) is 0 Å². The van der Waals surface area contributed by atoms with E-state index in [2.05, 4.69) is 15.0 Å². The summed E-state index contributed by atoms with van der Waals surface area (Å²) in [5, 5.41) is 3.27. The average molecular weight is 294 g/mol. The SMILES string of the molecule is FC(F)(F)Oc1ccc(-c2ccc3c(n2)CCNC3)cc1. The highest BCUT2D eigenvalue weighted by Gasteiger charge is 2.30. The quantitative estimate of drug-likeness (QED) is 0.923. The molecule has 0 bridgehead atoms. The summed E-state index contributed by atoms with van der Waals surface area (Å²) in [6.07, 6.45) is -3.81. The van der Waals surface area contributed by atoms with Crippen LogP contribution in [0.2, 0.25) is 0 Å². The van der Waals surface area contributed by atoms with Crippen LogP contribution in [-0.2, 0) is 13.0 Å². The van der Waals surface area contributed by atoms with Crippen molar-refractivity contribution in [2.24, 2.45) is 0 Å². The summed E-state index contributed by atoms with van der Waals surface area (Å²) in [5.41, 5.74) is 3.74. The zero-order valence-electron chi connectivity index (χ0n) is 11.1. The van der Waals surface area contributed by atoms with E-state index in [1.54, 1.807) is 12.1 Å². The van der Waals surface area contributed by atoms with Crippen LogP contribution in [0.15, 0.2) is 36.4 Å². The predicted octanol–water partition coefficient (Wildman–Crippen LogP) is 3.29. The Bertz CT molecular complexity index is 638. The number of rotatable bonds is 2. The second kappa shape index (κ2) is 5.37. The number of nitrogens with zero attached hydrogens (tertiary/aromatic N) is 1. The lowest BCUT2D eigenvalue weighted by Crippen LogP contribution is -2.24. The van der Waals surface area contributed by atoms with Crippen molar-refractivity contribution in [2.45, 2.75) is 19.3 Å². The summed E-state index contributed by atoms with van der Waals surface area (Å²) in [6.45, 7) is 1.70. The van der Waals surface area contributed by atoms with Crippen LogP contribution in [0.1, 0.15) is 11.3 Å². The molecule has 0 spiro atoms. The highest BCUT2D eigenvalue weighted by Crippen LogP contribution is 2.26. The fourth-order valence-electron chi connectivity index (χ4n) is 2.33. The minimum absolute atomic E-state index is 0.228. The molecule has 2 aromatic rings. The van der Waals surface area contributed by atoms with Gasteiger partial charge in [-0.05, 0) is 35.9 Å². The van der Waals surface area contributed by atoms with Crippen molar-refractivity contribution in [1.82, 2.24) is 10.3 Å². The number of nitrogens with one attached hydrogen (secondary N) is 1. The molecule has 3 rings (SSSR count).